The number of benzene rings is 1. The molecule has 1 aliphatic carbocycles. The Morgan fingerprint density at radius 3 is 2.59 bits per heavy atom. The Labute approximate surface area is 155 Å². The molecule has 7 heteroatoms. The zero-order valence-corrected chi connectivity index (χ0v) is 17.0. The van der Waals surface area contributed by atoms with E-state index in [4.69, 9.17) is 0 Å². The van der Waals surface area contributed by atoms with Crippen molar-refractivity contribution in [3.05, 3.63) is 25.6 Å². The first-order chi connectivity index (χ1) is 10.5. The van der Waals surface area contributed by atoms with Crippen LogP contribution in [0.2, 0.25) is 0 Å². The minimum atomic E-state index is -0.146. The molecule has 1 amide bonds. The number of rotatable bonds is 4. The molecule has 4 nitrogen and oxygen atoms in total. The van der Waals surface area contributed by atoms with Gasteiger partial charge in [-0.3, -0.25) is 4.79 Å². The van der Waals surface area contributed by atoms with Crippen LogP contribution in [0.1, 0.15) is 32.6 Å². The molecule has 120 valence electrons. The van der Waals surface area contributed by atoms with Crippen molar-refractivity contribution in [3.63, 3.8) is 0 Å². The first-order valence-electron chi connectivity index (χ1n) is 7.21. The number of hydrogen-bond acceptors (Lipinski definition) is 3. The smallest absolute Gasteiger partial charge is 0.259 e. The molecular formula is C15H18Br3N3O. The predicted octanol–water partition coefficient (Wildman–Crippen LogP) is 5.07. The van der Waals surface area contributed by atoms with E-state index in [1.165, 1.54) is 6.42 Å². The van der Waals surface area contributed by atoms with Crippen LogP contribution in [-0.2, 0) is 4.79 Å². The third-order valence-electron chi connectivity index (χ3n) is 3.65. The van der Waals surface area contributed by atoms with Crippen LogP contribution < -0.4 is 10.7 Å². The van der Waals surface area contributed by atoms with Crippen LogP contribution in [0, 0.1) is 5.92 Å². The van der Waals surface area contributed by atoms with Crippen molar-refractivity contribution in [3.8, 4) is 0 Å². The minimum absolute atomic E-state index is 0.146. The average Bonchev–Trinajstić information content (AvgIpc) is 2.45. The Morgan fingerprint density at radius 1 is 1.27 bits per heavy atom. The Bertz CT molecular complexity index is 566. The summed E-state index contributed by atoms with van der Waals surface area (Å²) in [7, 11) is 0. The van der Waals surface area contributed by atoms with E-state index < -0.39 is 0 Å². The summed E-state index contributed by atoms with van der Waals surface area (Å²) in [5.74, 6) is 0.323. The Hall–Kier alpha value is -0.400. The molecule has 2 N–H and O–H groups in total. The molecule has 1 aliphatic rings. The van der Waals surface area contributed by atoms with E-state index in [2.05, 4.69) is 70.6 Å². The third kappa shape index (κ3) is 5.06. The van der Waals surface area contributed by atoms with Crippen LogP contribution in [0.25, 0.3) is 0 Å². The van der Waals surface area contributed by atoms with E-state index in [9.17, 15) is 4.79 Å². The highest BCUT2D eigenvalue weighted by molar-refractivity contribution is 9.11. The number of halogens is 3. The molecule has 1 fully saturated rings. The lowest BCUT2D eigenvalue weighted by Crippen LogP contribution is -2.29. The third-order valence-corrected chi connectivity index (χ3v) is 5.35. The van der Waals surface area contributed by atoms with Gasteiger partial charge in [0, 0.05) is 19.1 Å². The van der Waals surface area contributed by atoms with Crippen molar-refractivity contribution in [2.75, 3.05) is 11.9 Å². The van der Waals surface area contributed by atoms with E-state index in [0.717, 1.165) is 44.1 Å². The second-order valence-electron chi connectivity index (χ2n) is 5.38. The van der Waals surface area contributed by atoms with Gasteiger partial charge in [-0.05, 0) is 69.2 Å². The maximum atomic E-state index is 11.9. The minimum Gasteiger partial charge on any atom is -0.374 e. The second kappa shape index (κ2) is 8.45. The van der Waals surface area contributed by atoms with Gasteiger partial charge in [0.1, 0.15) is 0 Å². The topological polar surface area (TPSA) is 53.5 Å². The molecule has 0 radical (unpaired) electrons. The zero-order chi connectivity index (χ0) is 16.1. The number of hydrazone groups is 1. The van der Waals surface area contributed by atoms with E-state index in [1.807, 2.05) is 12.1 Å². The maximum Gasteiger partial charge on any atom is 0.259 e. The molecule has 1 aromatic carbocycles. The highest BCUT2D eigenvalue weighted by Gasteiger charge is 2.16. The number of carbonyl (C=O) groups excluding carboxylic acids is 1. The predicted molar refractivity (Wildman–Crippen MR) is 101 cm³/mol. The molecule has 1 unspecified atom stereocenters. The van der Waals surface area contributed by atoms with Gasteiger partial charge in [0.05, 0.1) is 12.2 Å². The molecule has 0 bridgehead atoms. The Kier molecular flexibility index (Phi) is 6.89. The molecule has 22 heavy (non-hydrogen) atoms. The van der Waals surface area contributed by atoms with Gasteiger partial charge in [0.2, 0.25) is 0 Å². The molecule has 0 saturated heterocycles. The largest absolute Gasteiger partial charge is 0.374 e. The van der Waals surface area contributed by atoms with Gasteiger partial charge in [-0.1, -0.05) is 29.3 Å². The van der Waals surface area contributed by atoms with Crippen molar-refractivity contribution < 1.29 is 4.79 Å². The van der Waals surface area contributed by atoms with Crippen molar-refractivity contribution >= 4 is 65.1 Å². The van der Waals surface area contributed by atoms with Crippen LogP contribution in [0.15, 0.2) is 30.7 Å². The lowest BCUT2D eigenvalue weighted by molar-refractivity contribution is -0.119. The number of nitrogens with one attached hydrogen (secondary N) is 2. The number of nitrogens with zero attached hydrogens (tertiary/aromatic N) is 1. The maximum absolute atomic E-state index is 11.9. The van der Waals surface area contributed by atoms with Crippen molar-refractivity contribution in [1.29, 1.82) is 0 Å². The Morgan fingerprint density at radius 2 is 1.95 bits per heavy atom. The fourth-order valence-corrected chi connectivity index (χ4v) is 4.93. The highest BCUT2D eigenvalue weighted by Crippen LogP contribution is 2.34. The quantitative estimate of drug-likeness (QED) is 0.573. The molecule has 1 saturated carbocycles. The van der Waals surface area contributed by atoms with Gasteiger partial charge in [-0.25, -0.2) is 5.43 Å². The zero-order valence-electron chi connectivity index (χ0n) is 12.3. The molecular weight excluding hydrogens is 478 g/mol. The summed E-state index contributed by atoms with van der Waals surface area (Å²) < 4.78 is 2.72. The summed E-state index contributed by atoms with van der Waals surface area (Å²) in [6.45, 7) is 2.34. The first-order valence-corrected chi connectivity index (χ1v) is 9.59. The SMILES string of the molecule is CC1CCCC/C1=N/NC(=O)CNc1c(Br)cc(Br)cc1Br. The summed E-state index contributed by atoms with van der Waals surface area (Å²) in [5.41, 5.74) is 4.60. The van der Waals surface area contributed by atoms with Gasteiger partial charge >= 0.3 is 0 Å². The molecule has 0 spiro atoms. The summed E-state index contributed by atoms with van der Waals surface area (Å²) in [4.78, 5) is 11.9. The number of amides is 1. The normalized spacial score (nSPS) is 20.0. The summed E-state index contributed by atoms with van der Waals surface area (Å²) in [5, 5.41) is 7.39. The van der Waals surface area contributed by atoms with Crippen LogP contribution in [0.5, 0.6) is 0 Å². The van der Waals surface area contributed by atoms with Gasteiger partial charge in [-0.2, -0.15) is 5.10 Å². The van der Waals surface area contributed by atoms with Crippen LogP contribution in [-0.4, -0.2) is 18.2 Å². The lowest BCUT2D eigenvalue weighted by Gasteiger charge is -2.19. The van der Waals surface area contributed by atoms with Crippen LogP contribution in [0.4, 0.5) is 5.69 Å². The molecule has 0 aromatic heterocycles. The lowest BCUT2D eigenvalue weighted by atomic mass is 9.89. The molecule has 2 rings (SSSR count). The molecule has 1 aromatic rings. The van der Waals surface area contributed by atoms with Crippen molar-refractivity contribution in [2.24, 2.45) is 11.0 Å². The van der Waals surface area contributed by atoms with Crippen molar-refractivity contribution in [1.82, 2.24) is 5.43 Å². The van der Waals surface area contributed by atoms with E-state index in [-0.39, 0.29) is 12.5 Å². The van der Waals surface area contributed by atoms with E-state index in [0.29, 0.717) is 5.92 Å². The van der Waals surface area contributed by atoms with Crippen LogP contribution in [0.3, 0.4) is 0 Å². The standard InChI is InChI=1S/C15H18Br3N3O/c1-9-4-2-3-5-13(9)20-21-14(22)8-19-15-11(17)6-10(16)7-12(15)18/h6-7,9,19H,2-5,8H2,1H3,(H,21,22)/b20-13-. The Balaban J connectivity index is 1.89. The summed E-state index contributed by atoms with van der Waals surface area (Å²) in [6.07, 6.45) is 4.56. The fourth-order valence-electron chi connectivity index (χ4n) is 2.39. The fraction of sp³-hybridized carbons (Fsp3) is 0.467. The number of anilines is 1. The van der Waals surface area contributed by atoms with Gasteiger partial charge in [0.25, 0.3) is 5.91 Å². The van der Waals surface area contributed by atoms with E-state index >= 15 is 0 Å². The highest BCUT2D eigenvalue weighted by atomic mass is 79.9. The second-order valence-corrected chi connectivity index (χ2v) is 8.01. The van der Waals surface area contributed by atoms with Gasteiger partial charge in [0.15, 0.2) is 0 Å². The first kappa shape index (κ1) is 17.9. The van der Waals surface area contributed by atoms with Gasteiger partial charge in [-0.15, -0.1) is 0 Å². The van der Waals surface area contributed by atoms with Crippen molar-refractivity contribution in [2.45, 2.75) is 32.6 Å². The molecule has 0 aliphatic heterocycles. The van der Waals surface area contributed by atoms with E-state index in [1.54, 1.807) is 0 Å². The average molecular weight is 496 g/mol. The summed E-state index contributed by atoms with van der Waals surface area (Å²) >= 11 is 10.4. The van der Waals surface area contributed by atoms with Gasteiger partial charge < -0.3 is 5.32 Å². The number of carbonyl (C=O) groups is 1. The summed E-state index contributed by atoms with van der Waals surface area (Å²) in [6, 6.07) is 3.85. The monoisotopic (exact) mass is 493 g/mol. The number of hydrogen-bond donors (Lipinski definition) is 2. The molecule has 1 atom stereocenters. The molecule has 0 heterocycles. The van der Waals surface area contributed by atoms with Crippen LogP contribution >= 0.6 is 47.8 Å².